The Morgan fingerprint density at radius 3 is 2.59 bits per heavy atom. The van der Waals surface area contributed by atoms with E-state index in [1.54, 1.807) is 24.3 Å². The van der Waals surface area contributed by atoms with E-state index in [-0.39, 0.29) is 11.5 Å². The third-order valence-corrected chi connectivity index (χ3v) is 2.92. The average Bonchev–Trinajstić information content (AvgIpc) is 2.32. The minimum Gasteiger partial charge on any atom is -0.295 e. The molecule has 88 valence electrons. The summed E-state index contributed by atoms with van der Waals surface area (Å²) in [6, 6.07) is 6.50. The zero-order valence-corrected chi connectivity index (χ0v) is 9.39. The van der Waals surface area contributed by atoms with Gasteiger partial charge in [-0.15, -0.1) is 0 Å². The molecule has 0 spiro atoms. The number of carbonyl (C=O) groups is 1. The van der Waals surface area contributed by atoms with Crippen molar-refractivity contribution >= 4 is 17.5 Å². The number of para-hydroxylation sites is 1. The number of hydrogen-bond acceptors (Lipinski definition) is 3. The minimum atomic E-state index is -0.417. The lowest BCUT2D eigenvalue weighted by Gasteiger charge is -2.12. The Labute approximate surface area is 99.1 Å². The van der Waals surface area contributed by atoms with Crippen LogP contribution in [0.15, 0.2) is 29.8 Å². The van der Waals surface area contributed by atoms with Gasteiger partial charge in [0.25, 0.3) is 5.69 Å². The van der Waals surface area contributed by atoms with Crippen molar-refractivity contribution in [3.05, 3.63) is 45.5 Å². The maximum atomic E-state index is 11.6. The normalized spacial score (nSPS) is 18.4. The van der Waals surface area contributed by atoms with Crippen LogP contribution in [0.3, 0.4) is 0 Å². The molecule has 0 unspecified atom stereocenters. The summed E-state index contributed by atoms with van der Waals surface area (Å²) < 4.78 is 0. The molecular formula is C13H13NO3. The summed E-state index contributed by atoms with van der Waals surface area (Å²) in [6.07, 6.45) is 4.86. The lowest BCUT2D eigenvalue weighted by Crippen LogP contribution is -2.08. The summed E-state index contributed by atoms with van der Waals surface area (Å²) in [7, 11) is 0. The minimum absolute atomic E-state index is 0.0540. The molecule has 1 aliphatic rings. The molecule has 0 atom stereocenters. The van der Waals surface area contributed by atoms with Crippen molar-refractivity contribution in [2.75, 3.05) is 0 Å². The van der Waals surface area contributed by atoms with Crippen molar-refractivity contribution in [1.29, 1.82) is 0 Å². The molecule has 1 fully saturated rings. The third-order valence-electron chi connectivity index (χ3n) is 2.92. The fraction of sp³-hybridized carbons (Fsp3) is 0.308. The molecule has 4 nitrogen and oxygen atoms in total. The molecule has 0 amide bonds. The van der Waals surface area contributed by atoms with Crippen molar-refractivity contribution in [2.45, 2.75) is 25.7 Å². The Bertz CT molecular complexity index is 491. The summed E-state index contributed by atoms with van der Waals surface area (Å²) in [5, 5.41) is 10.8. The van der Waals surface area contributed by atoms with Gasteiger partial charge < -0.3 is 0 Å². The van der Waals surface area contributed by atoms with Crippen LogP contribution in [-0.2, 0) is 4.79 Å². The number of rotatable bonds is 2. The van der Waals surface area contributed by atoms with E-state index in [2.05, 4.69) is 0 Å². The first-order valence-electron chi connectivity index (χ1n) is 5.65. The highest BCUT2D eigenvalue weighted by Gasteiger charge is 2.17. The van der Waals surface area contributed by atoms with Crippen molar-refractivity contribution < 1.29 is 9.72 Å². The second-order valence-corrected chi connectivity index (χ2v) is 4.12. The molecule has 1 aromatic carbocycles. The largest absolute Gasteiger partial charge is 0.295 e. The van der Waals surface area contributed by atoms with Crippen LogP contribution in [0, 0.1) is 10.1 Å². The molecule has 0 radical (unpaired) electrons. The highest BCUT2D eigenvalue weighted by molar-refractivity contribution is 6.00. The van der Waals surface area contributed by atoms with Gasteiger partial charge in [-0.05, 0) is 37.0 Å². The number of carbonyl (C=O) groups excluding carboxylic acids is 1. The van der Waals surface area contributed by atoms with Gasteiger partial charge in [-0.2, -0.15) is 0 Å². The molecule has 1 aromatic rings. The molecule has 4 heteroatoms. The Hall–Kier alpha value is -1.97. The summed E-state index contributed by atoms with van der Waals surface area (Å²) in [6.45, 7) is 0. The Morgan fingerprint density at radius 2 is 1.88 bits per heavy atom. The topological polar surface area (TPSA) is 60.2 Å². The summed E-state index contributed by atoms with van der Waals surface area (Å²) in [5.74, 6) is 0.120. The number of nitrogens with zero attached hydrogens (tertiary/aromatic N) is 1. The smallest absolute Gasteiger partial charge is 0.276 e. The average molecular weight is 231 g/mol. The van der Waals surface area contributed by atoms with E-state index in [0.29, 0.717) is 17.6 Å². The lowest BCUT2D eigenvalue weighted by molar-refractivity contribution is -0.385. The zero-order valence-electron chi connectivity index (χ0n) is 9.39. The van der Waals surface area contributed by atoms with E-state index in [1.165, 1.54) is 6.07 Å². The Kier molecular flexibility index (Phi) is 3.32. The van der Waals surface area contributed by atoms with Crippen LogP contribution >= 0.6 is 0 Å². The van der Waals surface area contributed by atoms with Crippen molar-refractivity contribution in [2.24, 2.45) is 0 Å². The number of benzene rings is 1. The van der Waals surface area contributed by atoms with Gasteiger partial charge >= 0.3 is 0 Å². The van der Waals surface area contributed by atoms with Gasteiger partial charge in [0.05, 0.1) is 10.5 Å². The molecule has 0 saturated heterocycles. The van der Waals surface area contributed by atoms with Gasteiger partial charge in [-0.3, -0.25) is 14.9 Å². The van der Waals surface area contributed by atoms with E-state index >= 15 is 0 Å². The molecular weight excluding hydrogens is 218 g/mol. The van der Waals surface area contributed by atoms with Gasteiger partial charge in [-0.1, -0.05) is 12.1 Å². The zero-order chi connectivity index (χ0) is 12.3. The monoisotopic (exact) mass is 231 g/mol. The van der Waals surface area contributed by atoms with E-state index in [1.807, 2.05) is 0 Å². The van der Waals surface area contributed by atoms with Crippen molar-refractivity contribution in [3.63, 3.8) is 0 Å². The first-order chi connectivity index (χ1) is 8.18. The van der Waals surface area contributed by atoms with Gasteiger partial charge in [0, 0.05) is 12.5 Å². The first-order valence-corrected chi connectivity index (χ1v) is 5.65. The van der Waals surface area contributed by atoms with E-state index in [0.717, 1.165) is 19.3 Å². The van der Waals surface area contributed by atoms with Crippen molar-refractivity contribution in [1.82, 2.24) is 0 Å². The Morgan fingerprint density at radius 1 is 1.18 bits per heavy atom. The number of Topliss-reactive ketones (excluding diaryl/α,β-unsaturated/α-hetero) is 1. The van der Waals surface area contributed by atoms with E-state index in [9.17, 15) is 14.9 Å². The van der Waals surface area contributed by atoms with Crippen molar-refractivity contribution in [3.8, 4) is 0 Å². The number of hydrogen-bond donors (Lipinski definition) is 0. The highest BCUT2D eigenvalue weighted by atomic mass is 16.6. The molecule has 1 aliphatic carbocycles. The summed E-state index contributed by atoms with van der Waals surface area (Å²) in [4.78, 5) is 22.1. The van der Waals surface area contributed by atoms with Crippen LogP contribution in [0.4, 0.5) is 5.69 Å². The number of ketones is 1. The van der Waals surface area contributed by atoms with Gasteiger partial charge in [0.2, 0.25) is 0 Å². The third kappa shape index (κ3) is 2.58. The Balaban J connectivity index is 2.37. The molecule has 0 aromatic heterocycles. The van der Waals surface area contributed by atoms with Crippen LogP contribution in [0.1, 0.15) is 31.2 Å². The standard InChI is InChI=1S/C13H13NO3/c15-13-8-4-2-6-11(13)9-10-5-1-3-7-12(10)14(16)17/h1,3,5,7,9H,2,4,6,8H2/b11-9+. The number of nitro groups is 1. The van der Waals surface area contributed by atoms with Crippen LogP contribution in [0.25, 0.3) is 6.08 Å². The molecule has 0 N–H and O–H groups in total. The second kappa shape index (κ2) is 4.91. The predicted molar refractivity (Wildman–Crippen MR) is 64.5 cm³/mol. The quantitative estimate of drug-likeness (QED) is 0.446. The second-order valence-electron chi connectivity index (χ2n) is 4.12. The predicted octanol–water partition coefficient (Wildman–Crippen LogP) is 3.12. The maximum absolute atomic E-state index is 11.6. The van der Waals surface area contributed by atoms with Crippen LogP contribution in [0.5, 0.6) is 0 Å². The van der Waals surface area contributed by atoms with E-state index in [4.69, 9.17) is 0 Å². The number of allylic oxidation sites excluding steroid dienone is 1. The molecule has 0 aliphatic heterocycles. The number of nitro benzene ring substituents is 1. The van der Waals surface area contributed by atoms with Crippen LogP contribution in [-0.4, -0.2) is 10.7 Å². The highest BCUT2D eigenvalue weighted by Crippen LogP contribution is 2.26. The maximum Gasteiger partial charge on any atom is 0.276 e. The summed E-state index contributed by atoms with van der Waals surface area (Å²) in [5.41, 5.74) is 1.28. The van der Waals surface area contributed by atoms with Crippen LogP contribution in [0.2, 0.25) is 0 Å². The SMILES string of the molecule is O=C1CCCC/C1=C\c1ccccc1[N+](=O)[O-]. The summed E-state index contributed by atoms with van der Waals surface area (Å²) >= 11 is 0. The molecule has 2 rings (SSSR count). The van der Waals surface area contributed by atoms with Crippen LogP contribution < -0.4 is 0 Å². The lowest BCUT2D eigenvalue weighted by atomic mass is 9.92. The molecule has 0 bridgehead atoms. The fourth-order valence-electron chi connectivity index (χ4n) is 2.02. The van der Waals surface area contributed by atoms with E-state index < -0.39 is 4.92 Å². The first kappa shape index (κ1) is 11.5. The molecule has 1 saturated carbocycles. The van der Waals surface area contributed by atoms with Gasteiger partial charge in [0.1, 0.15) is 0 Å². The molecule has 0 heterocycles. The van der Waals surface area contributed by atoms with Gasteiger partial charge in [0.15, 0.2) is 5.78 Å². The fourth-order valence-corrected chi connectivity index (χ4v) is 2.02. The molecule has 17 heavy (non-hydrogen) atoms. The van der Waals surface area contributed by atoms with Gasteiger partial charge in [-0.25, -0.2) is 0 Å².